The monoisotopic (exact) mass is 216 g/mol. The molecule has 0 aromatic heterocycles. The van der Waals surface area contributed by atoms with Crippen LogP contribution in [0, 0.1) is 0 Å². The second kappa shape index (κ2) is 8.08. The van der Waals surface area contributed by atoms with Gasteiger partial charge in [-0.1, -0.05) is 12.8 Å². The molecule has 1 N–H and O–H groups in total. The molecular formula is C12H24O3. The SMILES string of the molecule is C[C@H](O)CCCCCOC1CCCCO1. The molecule has 0 aliphatic carbocycles. The van der Waals surface area contributed by atoms with Crippen molar-refractivity contribution in [3.05, 3.63) is 0 Å². The molecule has 0 aromatic rings. The van der Waals surface area contributed by atoms with Crippen LogP contribution in [0.5, 0.6) is 0 Å². The number of hydrogen-bond donors (Lipinski definition) is 1. The normalized spacial score (nSPS) is 24.0. The van der Waals surface area contributed by atoms with Gasteiger partial charge in [-0.25, -0.2) is 0 Å². The average molecular weight is 216 g/mol. The highest BCUT2D eigenvalue weighted by Crippen LogP contribution is 2.14. The summed E-state index contributed by atoms with van der Waals surface area (Å²) in [5.41, 5.74) is 0. The van der Waals surface area contributed by atoms with E-state index in [2.05, 4.69) is 0 Å². The standard InChI is InChI=1S/C12H24O3/c1-11(13)7-3-2-5-9-14-12-8-4-6-10-15-12/h11-13H,2-10H2,1H3/t11-,12?/m0/s1. The van der Waals surface area contributed by atoms with Crippen LogP contribution >= 0.6 is 0 Å². The van der Waals surface area contributed by atoms with Crippen molar-refractivity contribution in [1.82, 2.24) is 0 Å². The van der Waals surface area contributed by atoms with Crippen molar-refractivity contribution in [2.75, 3.05) is 13.2 Å². The summed E-state index contributed by atoms with van der Waals surface area (Å²) in [7, 11) is 0. The summed E-state index contributed by atoms with van der Waals surface area (Å²) in [6, 6.07) is 0. The summed E-state index contributed by atoms with van der Waals surface area (Å²) >= 11 is 0. The van der Waals surface area contributed by atoms with Gasteiger partial charge in [0.15, 0.2) is 6.29 Å². The first-order valence-electron chi connectivity index (χ1n) is 6.20. The second-order valence-corrected chi connectivity index (χ2v) is 4.37. The Kier molecular flexibility index (Phi) is 6.98. The summed E-state index contributed by atoms with van der Waals surface area (Å²) in [5, 5.41) is 9.06. The summed E-state index contributed by atoms with van der Waals surface area (Å²) in [6.07, 6.45) is 7.55. The van der Waals surface area contributed by atoms with Gasteiger partial charge in [0.05, 0.1) is 6.10 Å². The largest absolute Gasteiger partial charge is 0.393 e. The number of aliphatic hydroxyl groups is 1. The topological polar surface area (TPSA) is 38.7 Å². The Labute approximate surface area is 92.8 Å². The summed E-state index contributed by atoms with van der Waals surface area (Å²) in [5.74, 6) is 0. The van der Waals surface area contributed by atoms with Crippen LogP contribution in [0.2, 0.25) is 0 Å². The van der Waals surface area contributed by atoms with Crippen LogP contribution in [0.15, 0.2) is 0 Å². The fourth-order valence-corrected chi connectivity index (χ4v) is 1.78. The van der Waals surface area contributed by atoms with E-state index in [-0.39, 0.29) is 12.4 Å². The molecule has 1 aliphatic heterocycles. The van der Waals surface area contributed by atoms with Crippen LogP contribution in [-0.4, -0.2) is 30.7 Å². The third-order valence-corrected chi connectivity index (χ3v) is 2.71. The maximum absolute atomic E-state index is 9.06. The Bertz CT molecular complexity index is 142. The summed E-state index contributed by atoms with van der Waals surface area (Å²) in [4.78, 5) is 0. The number of rotatable bonds is 7. The third-order valence-electron chi connectivity index (χ3n) is 2.71. The molecule has 3 nitrogen and oxygen atoms in total. The molecule has 0 bridgehead atoms. The molecule has 0 radical (unpaired) electrons. The molecule has 3 heteroatoms. The van der Waals surface area contributed by atoms with Gasteiger partial charge in [-0.3, -0.25) is 0 Å². The van der Waals surface area contributed by atoms with Crippen LogP contribution in [0.4, 0.5) is 0 Å². The van der Waals surface area contributed by atoms with Crippen LogP contribution in [-0.2, 0) is 9.47 Å². The van der Waals surface area contributed by atoms with Gasteiger partial charge in [0, 0.05) is 13.2 Å². The van der Waals surface area contributed by atoms with E-state index in [1.165, 1.54) is 12.8 Å². The zero-order chi connectivity index (χ0) is 10.9. The Morgan fingerprint density at radius 2 is 2.20 bits per heavy atom. The summed E-state index contributed by atoms with van der Waals surface area (Å²) in [6.45, 7) is 3.49. The fourth-order valence-electron chi connectivity index (χ4n) is 1.78. The molecule has 1 unspecified atom stereocenters. The van der Waals surface area contributed by atoms with E-state index in [1.54, 1.807) is 0 Å². The predicted molar refractivity (Wildman–Crippen MR) is 59.7 cm³/mol. The van der Waals surface area contributed by atoms with Crippen molar-refractivity contribution >= 4 is 0 Å². The first kappa shape index (κ1) is 12.9. The second-order valence-electron chi connectivity index (χ2n) is 4.37. The molecule has 0 amide bonds. The first-order valence-corrected chi connectivity index (χ1v) is 6.20. The molecule has 15 heavy (non-hydrogen) atoms. The van der Waals surface area contributed by atoms with Gasteiger partial charge in [0.1, 0.15) is 0 Å². The van der Waals surface area contributed by atoms with Crippen molar-refractivity contribution in [3.63, 3.8) is 0 Å². The van der Waals surface area contributed by atoms with E-state index in [0.29, 0.717) is 0 Å². The lowest BCUT2D eigenvalue weighted by molar-refractivity contribution is -0.162. The maximum atomic E-state index is 9.06. The smallest absolute Gasteiger partial charge is 0.157 e. The van der Waals surface area contributed by atoms with Crippen molar-refractivity contribution in [3.8, 4) is 0 Å². The highest BCUT2D eigenvalue weighted by Gasteiger charge is 2.13. The maximum Gasteiger partial charge on any atom is 0.157 e. The molecule has 2 atom stereocenters. The van der Waals surface area contributed by atoms with E-state index in [4.69, 9.17) is 14.6 Å². The zero-order valence-electron chi connectivity index (χ0n) is 9.78. The van der Waals surface area contributed by atoms with Crippen LogP contribution in [0.1, 0.15) is 51.9 Å². The van der Waals surface area contributed by atoms with E-state index in [1.807, 2.05) is 6.92 Å². The summed E-state index contributed by atoms with van der Waals surface area (Å²) < 4.78 is 11.1. The number of ether oxygens (including phenoxy) is 2. The van der Waals surface area contributed by atoms with E-state index >= 15 is 0 Å². The van der Waals surface area contributed by atoms with Crippen LogP contribution < -0.4 is 0 Å². The zero-order valence-corrected chi connectivity index (χ0v) is 9.78. The Morgan fingerprint density at radius 1 is 1.33 bits per heavy atom. The van der Waals surface area contributed by atoms with Gasteiger partial charge >= 0.3 is 0 Å². The molecule has 1 aliphatic rings. The van der Waals surface area contributed by atoms with Gasteiger partial charge in [0.25, 0.3) is 0 Å². The predicted octanol–water partition coefficient (Wildman–Crippen LogP) is 2.47. The minimum Gasteiger partial charge on any atom is -0.393 e. The van der Waals surface area contributed by atoms with Crippen molar-refractivity contribution in [1.29, 1.82) is 0 Å². The molecule has 0 saturated carbocycles. The van der Waals surface area contributed by atoms with E-state index in [0.717, 1.165) is 45.3 Å². The third kappa shape index (κ3) is 6.88. The molecule has 0 aromatic carbocycles. The van der Waals surface area contributed by atoms with Crippen molar-refractivity contribution in [2.45, 2.75) is 64.3 Å². The lowest BCUT2D eigenvalue weighted by atomic mass is 10.1. The van der Waals surface area contributed by atoms with Crippen LogP contribution in [0.25, 0.3) is 0 Å². The molecular weight excluding hydrogens is 192 g/mol. The molecule has 0 spiro atoms. The molecule has 1 heterocycles. The quantitative estimate of drug-likeness (QED) is 0.664. The Hall–Kier alpha value is -0.120. The van der Waals surface area contributed by atoms with Gasteiger partial charge in [-0.2, -0.15) is 0 Å². The minimum absolute atomic E-state index is 0.0514. The van der Waals surface area contributed by atoms with E-state index < -0.39 is 0 Å². The molecule has 1 rings (SSSR count). The lowest BCUT2D eigenvalue weighted by Crippen LogP contribution is -2.22. The van der Waals surface area contributed by atoms with E-state index in [9.17, 15) is 0 Å². The molecule has 90 valence electrons. The average Bonchev–Trinajstić information content (AvgIpc) is 2.24. The number of unbranched alkanes of at least 4 members (excludes halogenated alkanes) is 2. The number of hydrogen-bond acceptors (Lipinski definition) is 3. The molecule has 1 fully saturated rings. The van der Waals surface area contributed by atoms with Crippen molar-refractivity contribution < 1.29 is 14.6 Å². The van der Waals surface area contributed by atoms with Crippen molar-refractivity contribution in [2.24, 2.45) is 0 Å². The van der Waals surface area contributed by atoms with Crippen LogP contribution in [0.3, 0.4) is 0 Å². The first-order chi connectivity index (χ1) is 7.29. The molecule has 1 saturated heterocycles. The van der Waals surface area contributed by atoms with Gasteiger partial charge < -0.3 is 14.6 Å². The highest BCUT2D eigenvalue weighted by atomic mass is 16.7. The van der Waals surface area contributed by atoms with Gasteiger partial charge in [-0.05, 0) is 39.0 Å². The number of aliphatic hydroxyl groups excluding tert-OH is 1. The minimum atomic E-state index is -0.160. The Morgan fingerprint density at radius 3 is 2.87 bits per heavy atom. The highest BCUT2D eigenvalue weighted by molar-refractivity contribution is 4.54. The Balaban J connectivity index is 1.83. The lowest BCUT2D eigenvalue weighted by Gasteiger charge is -2.22. The fraction of sp³-hybridized carbons (Fsp3) is 1.00. The van der Waals surface area contributed by atoms with Gasteiger partial charge in [-0.15, -0.1) is 0 Å². The van der Waals surface area contributed by atoms with Gasteiger partial charge in [0.2, 0.25) is 0 Å².